The van der Waals surface area contributed by atoms with Crippen molar-refractivity contribution in [2.75, 3.05) is 6.61 Å². The topological polar surface area (TPSA) is 44.1 Å². The van der Waals surface area contributed by atoms with Gasteiger partial charge in [0, 0.05) is 17.6 Å². The normalized spacial score (nSPS) is 20.2. The van der Waals surface area contributed by atoms with Gasteiger partial charge in [-0.05, 0) is 54.0 Å². The zero-order valence-electron chi connectivity index (χ0n) is 9.80. The van der Waals surface area contributed by atoms with Crippen molar-refractivity contribution in [3.63, 3.8) is 0 Å². The molecule has 0 amide bonds. The molecule has 0 aliphatic carbocycles. The van der Waals surface area contributed by atoms with Crippen LogP contribution in [-0.2, 0) is 4.74 Å². The number of hydrogen-bond acceptors (Lipinski definition) is 3. The van der Waals surface area contributed by atoms with Gasteiger partial charge in [0.2, 0.25) is 0 Å². The van der Waals surface area contributed by atoms with Gasteiger partial charge in [-0.2, -0.15) is 5.10 Å². The maximum Gasteiger partial charge on any atom is 0.150 e. The number of ether oxygens (including phenoxy) is 1. The number of hydrogen-bond donors (Lipinski definition) is 0. The summed E-state index contributed by atoms with van der Waals surface area (Å²) in [4.78, 5) is 10.9. The van der Waals surface area contributed by atoms with E-state index in [1.165, 1.54) is 0 Å². The highest BCUT2D eigenvalue weighted by molar-refractivity contribution is 14.1. The summed E-state index contributed by atoms with van der Waals surface area (Å²) < 4.78 is 8.64. The summed E-state index contributed by atoms with van der Waals surface area (Å²) in [5.41, 5.74) is 1.66. The molecule has 1 aromatic carbocycles. The summed E-state index contributed by atoms with van der Waals surface area (Å²) in [5.74, 6) is 0. The minimum absolute atomic E-state index is 0.00617. The fourth-order valence-electron chi connectivity index (χ4n) is 2.32. The molecule has 1 unspecified atom stereocenters. The highest BCUT2D eigenvalue weighted by Crippen LogP contribution is 2.29. The van der Waals surface area contributed by atoms with E-state index in [2.05, 4.69) is 27.7 Å². The molecule has 0 spiro atoms. The van der Waals surface area contributed by atoms with E-state index in [1.54, 1.807) is 0 Å². The summed E-state index contributed by atoms with van der Waals surface area (Å²) in [7, 11) is 0. The lowest BCUT2D eigenvalue weighted by atomic mass is 10.1. The molecule has 1 atom stereocenters. The van der Waals surface area contributed by atoms with Gasteiger partial charge in [0.1, 0.15) is 9.99 Å². The average Bonchev–Trinajstić information content (AvgIpc) is 2.76. The maximum atomic E-state index is 10.9. The SMILES string of the molecule is O=Cc1ccc2c(I)nn(C3CCCCO3)c2c1. The molecule has 4 nitrogen and oxygen atoms in total. The van der Waals surface area contributed by atoms with E-state index in [0.717, 1.165) is 46.8 Å². The highest BCUT2D eigenvalue weighted by atomic mass is 127. The van der Waals surface area contributed by atoms with Crippen LogP contribution in [0.25, 0.3) is 10.9 Å². The van der Waals surface area contributed by atoms with Gasteiger partial charge in [-0.15, -0.1) is 0 Å². The predicted octanol–water partition coefficient (Wildman–Crippen LogP) is 3.15. The first kappa shape index (κ1) is 12.1. The largest absolute Gasteiger partial charge is 0.356 e. The van der Waals surface area contributed by atoms with Crippen LogP contribution in [0.3, 0.4) is 0 Å². The third kappa shape index (κ3) is 2.05. The number of benzene rings is 1. The van der Waals surface area contributed by atoms with Crippen LogP contribution in [0.4, 0.5) is 0 Å². The number of nitrogens with zero attached hydrogens (tertiary/aromatic N) is 2. The first-order valence-corrected chi connectivity index (χ1v) is 7.12. The van der Waals surface area contributed by atoms with Crippen LogP contribution >= 0.6 is 22.6 Å². The maximum absolute atomic E-state index is 10.9. The number of fused-ring (bicyclic) bond motifs is 1. The molecule has 94 valence electrons. The number of aldehydes is 1. The molecule has 2 aromatic rings. The second kappa shape index (κ2) is 4.97. The predicted molar refractivity (Wildman–Crippen MR) is 76.7 cm³/mol. The van der Waals surface area contributed by atoms with Gasteiger partial charge in [-0.3, -0.25) is 4.79 Å². The van der Waals surface area contributed by atoms with Gasteiger partial charge >= 0.3 is 0 Å². The molecule has 1 saturated heterocycles. The Labute approximate surface area is 118 Å². The Morgan fingerprint density at radius 2 is 2.33 bits per heavy atom. The molecule has 1 fully saturated rings. The lowest BCUT2D eigenvalue weighted by Crippen LogP contribution is -2.19. The third-order valence-electron chi connectivity index (χ3n) is 3.25. The van der Waals surface area contributed by atoms with E-state index < -0.39 is 0 Å². The number of halogens is 1. The van der Waals surface area contributed by atoms with Crippen molar-refractivity contribution < 1.29 is 9.53 Å². The summed E-state index contributed by atoms with van der Waals surface area (Å²) >= 11 is 2.22. The van der Waals surface area contributed by atoms with Crippen LogP contribution in [0.2, 0.25) is 0 Å². The third-order valence-corrected chi connectivity index (χ3v) is 4.05. The molecule has 3 rings (SSSR count). The van der Waals surface area contributed by atoms with Gasteiger partial charge < -0.3 is 4.74 Å². The van der Waals surface area contributed by atoms with Gasteiger partial charge in [0.15, 0.2) is 6.23 Å². The molecule has 0 N–H and O–H groups in total. The van der Waals surface area contributed by atoms with Crippen molar-refractivity contribution in [3.05, 3.63) is 27.5 Å². The van der Waals surface area contributed by atoms with Crippen molar-refractivity contribution in [1.29, 1.82) is 0 Å². The van der Waals surface area contributed by atoms with Crippen LogP contribution in [0, 0.1) is 3.70 Å². The van der Waals surface area contributed by atoms with Crippen molar-refractivity contribution in [2.45, 2.75) is 25.5 Å². The van der Waals surface area contributed by atoms with Crippen LogP contribution in [-0.4, -0.2) is 22.7 Å². The van der Waals surface area contributed by atoms with E-state index in [1.807, 2.05) is 22.9 Å². The second-order valence-corrected chi connectivity index (χ2v) is 5.47. The molecule has 0 radical (unpaired) electrons. The Morgan fingerprint density at radius 1 is 1.44 bits per heavy atom. The van der Waals surface area contributed by atoms with Gasteiger partial charge in [0.25, 0.3) is 0 Å². The van der Waals surface area contributed by atoms with Crippen molar-refractivity contribution >= 4 is 39.8 Å². The van der Waals surface area contributed by atoms with Gasteiger partial charge in [0.05, 0.1) is 5.52 Å². The smallest absolute Gasteiger partial charge is 0.150 e. The molecule has 1 aliphatic heterocycles. The van der Waals surface area contributed by atoms with Gasteiger partial charge in [-0.25, -0.2) is 4.68 Å². The van der Waals surface area contributed by atoms with Crippen molar-refractivity contribution in [3.8, 4) is 0 Å². The monoisotopic (exact) mass is 356 g/mol. The fraction of sp³-hybridized carbons (Fsp3) is 0.385. The minimum atomic E-state index is 0.00617. The Hall–Kier alpha value is -0.950. The summed E-state index contributed by atoms with van der Waals surface area (Å²) in [5, 5.41) is 5.63. The first-order valence-electron chi connectivity index (χ1n) is 6.04. The second-order valence-electron chi connectivity index (χ2n) is 4.45. The van der Waals surface area contributed by atoms with E-state index in [-0.39, 0.29) is 6.23 Å². The Kier molecular flexibility index (Phi) is 3.34. The lowest BCUT2D eigenvalue weighted by Gasteiger charge is -2.23. The van der Waals surface area contributed by atoms with Crippen LogP contribution in [0.5, 0.6) is 0 Å². The van der Waals surface area contributed by atoms with E-state index in [9.17, 15) is 4.79 Å². The molecule has 1 aromatic heterocycles. The van der Waals surface area contributed by atoms with Crippen LogP contribution in [0.15, 0.2) is 18.2 Å². The van der Waals surface area contributed by atoms with Crippen LogP contribution in [0.1, 0.15) is 35.8 Å². The zero-order valence-corrected chi connectivity index (χ0v) is 12.0. The average molecular weight is 356 g/mol. The molecule has 0 saturated carbocycles. The number of aromatic nitrogens is 2. The van der Waals surface area contributed by atoms with Crippen molar-refractivity contribution in [2.24, 2.45) is 0 Å². The molecule has 5 heteroatoms. The Balaban J connectivity index is 2.12. The lowest BCUT2D eigenvalue weighted by molar-refractivity contribution is -0.0368. The molecule has 18 heavy (non-hydrogen) atoms. The standard InChI is InChI=1S/C13H13IN2O2/c14-13-10-5-4-9(8-17)7-11(10)16(15-13)12-3-1-2-6-18-12/h4-5,7-8,12H,1-3,6H2. The molecule has 2 heterocycles. The molecule has 0 bridgehead atoms. The van der Waals surface area contributed by atoms with Crippen LogP contribution < -0.4 is 0 Å². The molecular formula is C13H13IN2O2. The van der Waals surface area contributed by atoms with E-state index >= 15 is 0 Å². The van der Waals surface area contributed by atoms with Gasteiger partial charge in [-0.1, -0.05) is 6.07 Å². The quantitative estimate of drug-likeness (QED) is 0.613. The fourth-order valence-corrected chi connectivity index (χ4v) is 3.01. The summed E-state index contributed by atoms with van der Waals surface area (Å²) in [6, 6.07) is 5.66. The number of carbonyl (C=O) groups is 1. The first-order chi connectivity index (χ1) is 8.79. The zero-order chi connectivity index (χ0) is 12.5. The Morgan fingerprint density at radius 3 is 3.06 bits per heavy atom. The molecule has 1 aliphatic rings. The Bertz CT molecular complexity index is 588. The number of carbonyl (C=O) groups excluding carboxylic acids is 1. The van der Waals surface area contributed by atoms with E-state index in [4.69, 9.17) is 4.74 Å². The minimum Gasteiger partial charge on any atom is -0.356 e. The summed E-state index contributed by atoms with van der Waals surface area (Å²) in [6.45, 7) is 0.788. The molecular weight excluding hydrogens is 343 g/mol. The summed E-state index contributed by atoms with van der Waals surface area (Å²) in [6.07, 6.45) is 4.14. The van der Waals surface area contributed by atoms with E-state index in [0.29, 0.717) is 5.56 Å². The number of rotatable bonds is 2. The highest BCUT2D eigenvalue weighted by Gasteiger charge is 2.20. The van der Waals surface area contributed by atoms with Crippen molar-refractivity contribution in [1.82, 2.24) is 9.78 Å².